The summed E-state index contributed by atoms with van der Waals surface area (Å²) in [5.74, 6) is -2.03. The monoisotopic (exact) mass is 335 g/mol. The highest BCUT2D eigenvalue weighted by molar-refractivity contribution is 9.10. The van der Waals surface area contributed by atoms with Gasteiger partial charge in [0.05, 0.1) is 0 Å². The second kappa shape index (κ2) is 5.90. The van der Waals surface area contributed by atoms with Crippen LogP contribution in [0.25, 0.3) is 0 Å². The van der Waals surface area contributed by atoms with Crippen molar-refractivity contribution in [3.8, 4) is 0 Å². The van der Waals surface area contributed by atoms with Gasteiger partial charge in [0.25, 0.3) is 0 Å². The molecule has 0 aliphatic rings. The fourth-order valence-electron chi connectivity index (χ4n) is 1.05. The lowest BCUT2D eigenvalue weighted by atomic mass is 10.3. The van der Waals surface area contributed by atoms with Crippen molar-refractivity contribution in [3.05, 3.63) is 28.2 Å². The van der Waals surface area contributed by atoms with Crippen LogP contribution in [-0.2, 0) is 0 Å². The van der Waals surface area contributed by atoms with E-state index in [2.05, 4.69) is 21.2 Å². The Balaban J connectivity index is 2.53. The molecule has 1 aromatic carbocycles. The summed E-state index contributed by atoms with van der Waals surface area (Å²) in [4.78, 5) is 0. The molecule has 0 unspecified atom stereocenters. The van der Waals surface area contributed by atoms with Crippen LogP contribution < -0.4 is 5.32 Å². The Labute approximate surface area is 107 Å². The van der Waals surface area contributed by atoms with E-state index in [1.54, 1.807) is 0 Å². The molecule has 0 saturated heterocycles. The highest BCUT2D eigenvalue weighted by Gasteiger charge is 2.27. The molecule has 1 N–H and O–H groups in total. The van der Waals surface area contributed by atoms with Gasteiger partial charge in [-0.2, -0.15) is 13.2 Å². The molecule has 0 amide bonds. The Bertz CT molecular complexity index is 372. The number of rotatable bonds is 4. The van der Waals surface area contributed by atoms with Crippen molar-refractivity contribution in [1.82, 2.24) is 0 Å². The van der Waals surface area contributed by atoms with E-state index in [1.165, 1.54) is 0 Å². The molecule has 0 fully saturated rings. The van der Waals surface area contributed by atoms with Crippen LogP contribution in [0.1, 0.15) is 0 Å². The molecule has 1 aromatic rings. The summed E-state index contributed by atoms with van der Waals surface area (Å²) in [6.07, 6.45) is 0. The van der Waals surface area contributed by atoms with Crippen LogP contribution in [0.4, 0.5) is 27.6 Å². The summed E-state index contributed by atoms with van der Waals surface area (Å²) in [6, 6.07) is 2.06. The lowest BCUT2D eigenvalue weighted by Crippen LogP contribution is -2.11. The smallest absolute Gasteiger partial charge is 0.379 e. The predicted molar refractivity (Wildman–Crippen MR) is 61.1 cm³/mol. The number of thioether (sulfide) groups is 1. The number of benzene rings is 1. The molecule has 0 atom stereocenters. The van der Waals surface area contributed by atoms with Crippen LogP contribution >= 0.6 is 27.7 Å². The number of hydrogen-bond donors (Lipinski definition) is 1. The number of nitrogens with one attached hydrogen (secondary N) is 1. The van der Waals surface area contributed by atoms with Gasteiger partial charge in [-0.3, -0.25) is 0 Å². The molecule has 1 rings (SSSR count). The maximum absolute atomic E-state index is 13.2. The van der Waals surface area contributed by atoms with Crippen molar-refractivity contribution < 1.29 is 22.0 Å². The third kappa shape index (κ3) is 5.12. The van der Waals surface area contributed by atoms with Gasteiger partial charge >= 0.3 is 5.51 Å². The van der Waals surface area contributed by atoms with Gasteiger partial charge in [0.15, 0.2) is 0 Å². The molecule has 17 heavy (non-hydrogen) atoms. The van der Waals surface area contributed by atoms with Crippen LogP contribution in [0.5, 0.6) is 0 Å². The second-order valence-corrected chi connectivity index (χ2v) is 5.04. The van der Waals surface area contributed by atoms with Crippen molar-refractivity contribution in [2.24, 2.45) is 0 Å². The third-order valence-electron chi connectivity index (χ3n) is 1.68. The molecule has 0 bridgehead atoms. The van der Waals surface area contributed by atoms with Gasteiger partial charge in [-0.25, -0.2) is 8.78 Å². The Hall–Kier alpha value is -0.500. The van der Waals surface area contributed by atoms with Gasteiger partial charge in [0.1, 0.15) is 17.3 Å². The van der Waals surface area contributed by atoms with Gasteiger partial charge in [0, 0.05) is 16.8 Å². The normalized spacial score (nSPS) is 11.6. The molecule has 0 spiro atoms. The first kappa shape index (κ1) is 14.6. The zero-order valence-electron chi connectivity index (χ0n) is 8.24. The lowest BCUT2D eigenvalue weighted by Gasteiger charge is -2.10. The average Bonchev–Trinajstić information content (AvgIpc) is 2.13. The van der Waals surface area contributed by atoms with Crippen LogP contribution in [0.3, 0.4) is 0 Å². The van der Waals surface area contributed by atoms with Gasteiger partial charge in [-0.1, -0.05) is 15.9 Å². The lowest BCUT2D eigenvalue weighted by molar-refractivity contribution is -0.0327. The maximum atomic E-state index is 13.2. The fraction of sp³-hybridized carbons (Fsp3) is 0.333. The molecule has 1 nitrogen and oxygen atoms in total. The van der Waals surface area contributed by atoms with Gasteiger partial charge in [-0.15, -0.1) is 0 Å². The van der Waals surface area contributed by atoms with Crippen LogP contribution in [-0.4, -0.2) is 17.8 Å². The number of hydrogen-bond acceptors (Lipinski definition) is 2. The predicted octanol–water partition coefficient (Wildman–Crippen LogP) is 4.39. The Kier molecular flexibility index (Phi) is 5.05. The average molecular weight is 336 g/mol. The first-order valence-electron chi connectivity index (χ1n) is 4.38. The molecule has 96 valence electrons. The van der Waals surface area contributed by atoms with E-state index in [4.69, 9.17) is 0 Å². The van der Waals surface area contributed by atoms with E-state index in [-0.39, 0.29) is 28.5 Å². The minimum Gasteiger partial charge on any atom is -0.379 e. The molecule has 0 saturated carbocycles. The van der Waals surface area contributed by atoms with E-state index in [9.17, 15) is 22.0 Å². The minimum atomic E-state index is -4.33. The maximum Gasteiger partial charge on any atom is 0.441 e. The van der Waals surface area contributed by atoms with Gasteiger partial charge in [-0.05, 0) is 23.9 Å². The van der Waals surface area contributed by atoms with Crippen molar-refractivity contribution in [2.45, 2.75) is 5.51 Å². The Morgan fingerprint density at radius 1 is 1.18 bits per heavy atom. The standard InChI is InChI=1S/C9H7BrF5NS/c10-5-3-6(11)8(7(12)4-5)16-1-2-17-9(13,14)15/h3-4,16H,1-2H2. The van der Waals surface area contributed by atoms with Gasteiger partial charge in [0.2, 0.25) is 0 Å². The SMILES string of the molecule is Fc1cc(Br)cc(F)c1NCCSC(F)(F)F. The van der Waals surface area contributed by atoms with Crippen LogP contribution in [0.2, 0.25) is 0 Å². The van der Waals surface area contributed by atoms with Crippen LogP contribution in [0.15, 0.2) is 16.6 Å². The van der Waals surface area contributed by atoms with Crippen molar-refractivity contribution in [2.75, 3.05) is 17.6 Å². The first-order valence-corrected chi connectivity index (χ1v) is 6.16. The Morgan fingerprint density at radius 3 is 2.18 bits per heavy atom. The number of anilines is 1. The molecular weight excluding hydrogens is 329 g/mol. The van der Waals surface area contributed by atoms with E-state index < -0.39 is 22.8 Å². The first-order chi connectivity index (χ1) is 7.79. The van der Waals surface area contributed by atoms with Crippen molar-refractivity contribution in [1.29, 1.82) is 0 Å². The largest absolute Gasteiger partial charge is 0.441 e. The molecule has 0 heterocycles. The van der Waals surface area contributed by atoms with Crippen molar-refractivity contribution >= 4 is 33.4 Å². The second-order valence-electron chi connectivity index (χ2n) is 2.97. The van der Waals surface area contributed by atoms with E-state index >= 15 is 0 Å². The zero-order valence-corrected chi connectivity index (χ0v) is 10.6. The quantitative estimate of drug-likeness (QED) is 0.646. The van der Waals surface area contributed by atoms with E-state index in [0.717, 1.165) is 12.1 Å². The van der Waals surface area contributed by atoms with E-state index in [0.29, 0.717) is 0 Å². The zero-order chi connectivity index (χ0) is 13.1. The molecule has 8 heteroatoms. The topological polar surface area (TPSA) is 12.0 Å². The highest BCUT2D eigenvalue weighted by Crippen LogP contribution is 2.30. The third-order valence-corrected chi connectivity index (χ3v) is 2.87. The summed E-state index contributed by atoms with van der Waals surface area (Å²) in [7, 11) is 0. The van der Waals surface area contributed by atoms with Crippen LogP contribution in [0, 0.1) is 11.6 Å². The summed E-state index contributed by atoms with van der Waals surface area (Å²) in [5.41, 5.74) is -4.76. The van der Waals surface area contributed by atoms with Crippen molar-refractivity contribution in [3.63, 3.8) is 0 Å². The molecular formula is C9H7BrF5NS. The fourth-order valence-corrected chi connectivity index (χ4v) is 1.89. The Morgan fingerprint density at radius 2 is 1.71 bits per heavy atom. The summed E-state index contributed by atoms with van der Waals surface area (Å²) in [6.45, 7) is -0.181. The molecule has 0 aliphatic heterocycles. The molecule has 0 aromatic heterocycles. The molecule has 0 radical (unpaired) electrons. The number of alkyl halides is 3. The number of halogens is 6. The summed E-state index contributed by atoms with van der Waals surface area (Å²) >= 11 is 2.65. The minimum absolute atomic E-state index is 0.181. The molecule has 0 aliphatic carbocycles. The highest BCUT2D eigenvalue weighted by atomic mass is 79.9. The summed E-state index contributed by atoms with van der Waals surface area (Å²) < 4.78 is 62.0. The van der Waals surface area contributed by atoms with Gasteiger partial charge < -0.3 is 5.32 Å². The van der Waals surface area contributed by atoms with E-state index in [1.807, 2.05) is 0 Å². The summed E-state index contributed by atoms with van der Waals surface area (Å²) in [5, 5.41) is 2.29.